The van der Waals surface area contributed by atoms with Gasteiger partial charge in [-0.2, -0.15) is 0 Å². The molecule has 1 atom stereocenters. The average molecular weight is 353 g/mol. The minimum Gasteiger partial charge on any atom is -0.444 e. The first-order valence-corrected chi connectivity index (χ1v) is 7.66. The first-order valence-electron chi connectivity index (χ1n) is 6.41. The fourth-order valence-electron chi connectivity index (χ4n) is 2.19. The van der Waals surface area contributed by atoms with E-state index < -0.39 is 5.60 Å². The lowest BCUT2D eigenvalue weighted by Crippen LogP contribution is -2.42. The number of carbonyl (C=O) groups excluding carboxylic acids is 1. The molecule has 17 heavy (non-hydrogen) atoms. The van der Waals surface area contributed by atoms with Gasteiger partial charge in [-0.25, -0.2) is 4.79 Å². The molecule has 3 nitrogen and oxygen atoms in total. The van der Waals surface area contributed by atoms with Crippen LogP contribution in [0.25, 0.3) is 0 Å². The van der Waals surface area contributed by atoms with Gasteiger partial charge in [0, 0.05) is 9.97 Å². The molecule has 0 aliphatic heterocycles. The molecule has 1 aliphatic carbocycles. The first kappa shape index (κ1) is 15.1. The van der Waals surface area contributed by atoms with Crippen LogP contribution < -0.4 is 5.32 Å². The van der Waals surface area contributed by atoms with Crippen molar-refractivity contribution in [2.75, 3.05) is 0 Å². The van der Waals surface area contributed by atoms with E-state index in [0.29, 0.717) is 5.92 Å². The minimum atomic E-state index is -0.413. The van der Waals surface area contributed by atoms with Crippen molar-refractivity contribution in [2.24, 2.45) is 5.92 Å². The van der Waals surface area contributed by atoms with E-state index in [1.54, 1.807) is 0 Å². The van der Waals surface area contributed by atoms with Gasteiger partial charge in [0.2, 0.25) is 0 Å². The van der Waals surface area contributed by atoms with Crippen LogP contribution in [0.5, 0.6) is 0 Å². The Morgan fingerprint density at radius 3 is 2.29 bits per heavy atom. The number of alkyl carbamates (subject to hydrolysis) is 1. The smallest absolute Gasteiger partial charge is 0.407 e. The number of rotatable bonds is 2. The highest BCUT2D eigenvalue weighted by atomic mass is 127. The highest BCUT2D eigenvalue weighted by Crippen LogP contribution is 2.30. The van der Waals surface area contributed by atoms with Crippen LogP contribution in [-0.4, -0.2) is 21.7 Å². The molecule has 0 spiro atoms. The van der Waals surface area contributed by atoms with E-state index in [2.05, 4.69) is 34.8 Å². The molecule has 1 fully saturated rings. The second-order valence-electron chi connectivity index (χ2n) is 5.95. The SMILES string of the molecule is C[C@H](NC(=O)OC(C)(C)C)C1CCC(I)CC1. The maximum absolute atomic E-state index is 11.6. The second-order valence-corrected chi connectivity index (χ2v) is 7.71. The Balaban J connectivity index is 2.33. The topological polar surface area (TPSA) is 38.3 Å². The molecule has 0 heterocycles. The molecular weight excluding hydrogens is 329 g/mol. The minimum absolute atomic E-state index is 0.216. The summed E-state index contributed by atoms with van der Waals surface area (Å²) >= 11 is 2.52. The molecule has 1 saturated carbocycles. The van der Waals surface area contributed by atoms with Crippen LogP contribution in [0.3, 0.4) is 0 Å². The molecule has 1 rings (SSSR count). The van der Waals surface area contributed by atoms with Gasteiger partial charge in [0.15, 0.2) is 0 Å². The summed E-state index contributed by atoms with van der Waals surface area (Å²) < 4.78 is 6.09. The zero-order valence-corrected chi connectivity index (χ0v) is 13.4. The van der Waals surface area contributed by atoms with Crippen molar-refractivity contribution in [3.8, 4) is 0 Å². The monoisotopic (exact) mass is 353 g/mol. The maximum atomic E-state index is 11.6. The molecule has 0 aromatic carbocycles. The summed E-state index contributed by atoms with van der Waals surface area (Å²) in [6.45, 7) is 7.75. The number of amides is 1. The fourth-order valence-corrected chi connectivity index (χ4v) is 2.91. The van der Waals surface area contributed by atoms with Crippen LogP contribution in [0.2, 0.25) is 0 Å². The second kappa shape index (κ2) is 6.25. The summed E-state index contributed by atoms with van der Waals surface area (Å²) in [7, 11) is 0. The van der Waals surface area contributed by atoms with Crippen LogP contribution in [0.15, 0.2) is 0 Å². The number of hydrogen-bond donors (Lipinski definition) is 1. The van der Waals surface area contributed by atoms with Crippen LogP contribution in [0, 0.1) is 5.92 Å². The number of carbonyl (C=O) groups is 1. The van der Waals surface area contributed by atoms with Gasteiger partial charge >= 0.3 is 6.09 Å². The normalized spacial score (nSPS) is 27.4. The average Bonchev–Trinajstić information content (AvgIpc) is 2.15. The van der Waals surface area contributed by atoms with Crippen LogP contribution in [-0.2, 0) is 4.74 Å². The van der Waals surface area contributed by atoms with Crippen LogP contribution in [0.1, 0.15) is 53.4 Å². The fraction of sp³-hybridized carbons (Fsp3) is 0.923. The molecule has 4 heteroatoms. The Morgan fingerprint density at radius 1 is 1.29 bits per heavy atom. The van der Waals surface area contributed by atoms with Gasteiger partial charge in [-0.15, -0.1) is 0 Å². The van der Waals surface area contributed by atoms with E-state index in [0.717, 1.165) is 3.92 Å². The molecule has 1 amide bonds. The van der Waals surface area contributed by atoms with Gasteiger partial charge in [0.1, 0.15) is 5.60 Å². The van der Waals surface area contributed by atoms with E-state index in [1.807, 2.05) is 20.8 Å². The van der Waals surface area contributed by atoms with Crippen molar-refractivity contribution in [1.82, 2.24) is 5.32 Å². The largest absolute Gasteiger partial charge is 0.444 e. The Kier molecular flexibility index (Phi) is 5.54. The maximum Gasteiger partial charge on any atom is 0.407 e. The summed E-state index contributed by atoms with van der Waals surface area (Å²) in [6.07, 6.45) is 4.67. The number of ether oxygens (including phenoxy) is 1. The predicted molar refractivity (Wildman–Crippen MR) is 78.6 cm³/mol. The van der Waals surface area contributed by atoms with Gasteiger partial charge in [-0.3, -0.25) is 0 Å². The standard InChI is InChI=1S/C13H24INO2/c1-9(10-5-7-11(14)8-6-10)15-12(16)17-13(2,3)4/h9-11H,5-8H2,1-4H3,(H,15,16)/t9-,10?,11?/m0/s1. The summed E-state index contributed by atoms with van der Waals surface area (Å²) in [6, 6.07) is 0.216. The quantitative estimate of drug-likeness (QED) is 0.604. The van der Waals surface area contributed by atoms with Crippen molar-refractivity contribution in [3.63, 3.8) is 0 Å². The first-order chi connectivity index (χ1) is 7.78. The molecule has 0 saturated heterocycles. The molecule has 0 aromatic heterocycles. The van der Waals surface area contributed by atoms with Gasteiger partial charge < -0.3 is 10.1 Å². The molecule has 1 N–H and O–H groups in total. The number of nitrogens with one attached hydrogen (secondary N) is 1. The molecule has 0 radical (unpaired) electrons. The summed E-state index contributed by atoms with van der Waals surface area (Å²) in [5.74, 6) is 0.605. The molecule has 0 bridgehead atoms. The van der Waals surface area contributed by atoms with E-state index >= 15 is 0 Å². The molecule has 100 valence electrons. The van der Waals surface area contributed by atoms with Gasteiger partial charge in [0.05, 0.1) is 0 Å². The Morgan fingerprint density at radius 2 is 1.82 bits per heavy atom. The Labute approximate surface area is 118 Å². The molecule has 1 aliphatic rings. The van der Waals surface area contributed by atoms with E-state index in [1.165, 1.54) is 25.7 Å². The summed E-state index contributed by atoms with van der Waals surface area (Å²) in [5.41, 5.74) is -0.413. The summed E-state index contributed by atoms with van der Waals surface area (Å²) in [4.78, 5) is 11.6. The van der Waals surface area contributed by atoms with E-state index in [9.17, 15) is 4.79 Å². The lowest BCUT2D eigenvalue weighted by Gasteiger charge is -2.31. The lowest BCUT2D eigenvalue weighted by atomic mass is 9.84. The van der Waals surface area contributed by atoms with Crippen molar-refractivity contribution in [1.29, 1.82) is 0 Å². The lowest BCUT2D eigenvalue weighted by molar-refractivity contribution is 0.0485. The van der Waals surface area contributed by atoms with E-state index in [-0.39, 0.29) is 12.1 Å². The molecule has 0 unspecified atom stereocenters. The zero-order chi connectivity index (χ0) is 13.1. The number of halogens is 1. The molecular formula is C13H24INO2. The molecule has 0 aromatic rings. The van der Waals surface area contributed by atoms with Gasteiger partial charge in [-0.1, -0.05) is 22.6 Å². The van der Waals surface area contributed by atoms with Gasteiger partial charge in [-0.05, 0) is 59.3 Å². The Hall–Kier alpha value is 0. The third-order valence-corrected chi connectivity index (χ3v) is 4.40. The highest BCUT2D eigenvalue weighted by Gasteiger charge is 2.26. The van der Waals surface area contributed by atoms with Crippen molar-refractivity contribution in [2.45, 2.75) is 68.9 Å². The van der Waals surface area contributed by atoms with Crippen LogP contribution >= 0.6 is 22.6 Å². The van der Waals surface area contributed by atoms with E-state index in [4.69, 9.17) is 4.74 Å². The predicted octanol–water partition coefficient (Wildman–Crippen LogP) is 3.89. The van der Waals surface area contributed by atoms with Crippen molar-refractivity contribution < 1.29 is 9.53 Å². The van der Waals surface area contributed by atoms with Crippen molar-refractivity contribution in [3.05, 3.63) is 0 Å². The third-order valence-electron chi connectivity index (χ3n) is 3.15. The highest BCUT2D eigenvalue weighted by molar-refractivity contribution is 14.1. The Bertz CT molecular complexity index is 255. The third kappa shape index (κ3) is 5.93. The zero-order valence-electron chi connectivity index (χ0n) is 11.3. The van der Waals surface area contributed by atoms with Gasteiger partial charge in [0.25, 0.3) is 0 Å². The summed E-state index contributed by atoms with van der Waals surface area (Å²) in [5, 5.41) is 2.96. The number of hydrogen-bond acceptors (Lipinski definition) is 2. The van der Waals surface area contributed by atoms with Crippen molar-refractivity contribution >= 4 is 28.7 Å². The van der Waals surface area contributed by atoms with Crippen LogP contribution in [0.4, 0.5) is 4.79 Å². The number of alkyl halides is 1.